The molecule has 2 amide bonds. The van der Waals surface area contributed by atoms with Gasteiger partial charge in [0.25, 0.3) is 11.8 Å². The van der Waals surface area contributed by atoms with Crippen molar-refractivity contribution in [2.45, 2.75) is 13.8 Å². The number of carbonyl (C=O) groups excluding carboxylic acids is 3. The van der Waals surface area contributed by atoms with Crippen molar-refractivity contribution < 1.29 is 28.6 Å². The lowest BCUT2D eigenvalue weighted by Gasteiger charge is -2.25. The molecule has 168 valence electrons. The van der Waals surface area contributed by atoms with E-state index in [1.54, 1.807) is 19.2 Å². The number of ether oxygens (including phenoxy) is 3. The minimum atomic E-state index is -0.589. The van der Waals surface area contributed by atoms with Crippen LogP contribution in [0.15, 0.2) is 5.38 Å². The molecular formula is C19H25N5O6S. The van der Waals surface area contributed by atoms with E-state index in [0.29, 0.717) is 37.6 Å². The second kappa shape index (κ2) is 10.4. The molecule has 11 nitrogen and oxygen atoms in total. The van der Waals surface area contributed by atoms with E-state index in [1.165, 1.54) is 18.4 Å². The van der Waals surface area contributed by atoms with Gasteiger partial charge in [-0.25, -0.2) is 9.78 Å². The maximum atomic E-state index is 12.5. The van der Waals surface area contributed by atoms with Crippen molar-refractivity contribution >= 4 is 34.3 Å². The summed E-state index contributed by atoms with van der Waals surface area (Å²) < 4.78 is 15.3. The molecular weight excluding hydrogens is 426 g/mol. The molecule has 1 fully saturated rings. The number of rotatable bonds is 7. The number of thiazole rings is 1. The number of aromatic nitrogens is 2. The van der Waals surface area contributed by atoms with Crippen LogP contribution in [0.25, 0.3) is 0 Å². The van der Waals surface area contributed by atoms with E-state index in [1.807, 2.05) is 4.90 Å². The van der Waals surface area contributed by atoms with Crippen LogP contribution in [0.2, 0.25) is 0 Å². The number of methoxy groups -OCH3 is 1. The number of aromatic amines is 1. The van der Waals surface area contributed by atoms with E-state index in [4.69, 9.17) is 14.2 Å². The molecule has 31 heavy (non-hydrogen) atoms. The molecule has 0 unspecified atom stereocenters. The van der Waals surface area contributed by atoms with E-state index in [-0.39, 0.29) is 30.2 Å². The second-order valence-corrected chi connectivity index (χ2v) is 7.61. The van der Waals surface area contributed by atoms with Crippen LogP contribution in [0, 0.1) is 13.8 Å². The largest absolute Gasteiger partial charge is 0.460 e. The first-order valence-corrected chi connectivity index (χ1v) is 10.5. The van der Waals surface area contributed by atoms with Crippen LogP contribution in [0.1, 0.15) is 42.6 Å². The van der Waals surface area contributed by atoms with Crippen molar-refractivity contribution in [1.29, 1.82) is 0 Å². The number of hydrogen-bond donors (Lipinski definition) is 3. The summed E-state index contributed by atoms with van der Waals surface area (Å²) in [6.07, 6.45) is 0. The molecule has 0 saturated carbocycles. The zero-order valence-corrected chi connectivity index (χ0v) is 18.4. The average molecular weight is 452 g/mol. The molecule has 1 aliphatic heterocycles. The Balaban J connectivity index is 1.59. The summed E-state index contributed by atoms with van der Waals surface area (Å²) in [7, 11) is 1.51. The number of anilines is 1. The van der Waals surface area contributed by atoms with Crippen molar-refractivity contribution in [2.24, 2.45) is 0 Å². The van der Waals surface area contributed by atoms with Gasteiger partial charge in [0.2, 0.25) is 0 Å². The zero-order valence-electron chi connectivity index (χ0n) is 17.6. The summed E-state index contributed by atoms with van der Waals surface area (Å²) in [4.78, 5) is 46.4. The van der Waals surface area contributed by atoms with Crippen molar-refractivity contribution in [2.75, 3.05) is 51.5 Å². The van der Waals surface area contributed by atoms with Gasteiger partial charge in [-0.15, -0.1) is 11.3 Å². The molecule has 3 N–H and O–H groups in total. The monoisotopic (exact) mass is 451 g/mol. The first kappa shape index (κ1) is 22.7. The van der Waals surface area contributed by atoms with Crippen molar-refractivity contribution in [3.05, 3.63) is 33.6 Å². The normalized spacial score (nSPS) is 13.7. The van der Waals surface area contributed by atoms with Gasteiger partial charge in [0.05, 0.1) is 25.4 Å². The van der Waals surface area contributed by atoms with E-state index in [9.17, 15) is 14.4 Å². The molecule has 1 saturated heterocycles. The Kier molecular flexibility index (Phi) is 7.60. The summed E-state index contributed by atoms with van der Waals surface area (Å²) in [5, 5.41) is 2.36. The molecule has 3 rings (SSSR count). The van der Waals surface area contributed by atoms with E-state index in [2.05, 4.69) is 20.8 Å². The van der Waals surface area contributed by atoms with Crippen molar-refractivity contribution in [3.63, 3.8) is 0 Å². The number of morpholine rings is 1. The SMILES string of the molecule is COCCOC(=O)c1c(C)[nH]c(C(=O)NNC(=O)c2csc(N3CCOCC3)n2)c1C. The number of carbonyl (C=O) groups is 3. The molecule has 0 aromatic carbocycles. The highest BCUT2D eigenvalue weighted by molar-refractivity contribution is 7.13. The number of nitrogens with zero attached hydrogens (tertiary/aromatic N) is 2. The van der Waals surface area contributed by atoms with Gasteiger partial charge in [-0.1, -0.05) is 0 Å². The number of esters is 1. The lowest BCUT2D eigenvalue weighted by molar-refractivity contribution is 0.0386. The van der Waals surface area contributed by atoms with Gasteiger partial charge in [-0.05, 0) is 19.4 Å². The summed E-state index contributed by atoms with van der Waals surface area (Å²) in [6, 6.07) is 0. The molecule has 0 spiro atoms. The average Bonchev–Trinajstić information content (AvgIpc) is 3.37. The molecule has 12 heteroatoms. The maximum absolute atomic E-state index is 12.5. The third-order valence-corrected chi connectivity index (χ3v) is 5.59. The van der Waals surface area contributed by atoms with E-state index >= 15 is 0 Å². The minimum absolute atomic E-state index is 0.108. The van der Waals surface area contributed by atoms with Crippen molar-refractivity contribution in [1.82, 2.24) is 20.8 Å². The fraction of sp³-hybridized carbons (Fsp3) is 0.474. The molecule has 0 radical (unpaired) electrons. The first-order valence-electron chi connectivity index (χ1n) is 9.66. The maximum Gasteiger partial charge on any atom is 0.340 e. The smallest absolute Gasteiger partial charge is 0.340 e. The topological polar surface area (TPSA) is 135 Å². The van der Waals surface area contributed by atoms with Gasteiger partial charge >= 0.3 is 5.97 Å². The number of amides is 2. The van der Waals surface area contributed by atoms with Crippen LogP contribution >= 0.6 is 11.3 Å². The van der Waals surface area contributed by atoms with Gasteiger partial charge in [0.1, 0.15) is 18.0 Å². The highest BCUT2D eigenvalue weighted by Gasteiger charge is 2.24. The van der Waals surface area contributed by atoms with Crippen LogP contribution in [0.5, 0.6) is 0 Å². The Morgan fingerprint density at radius 3 is 2.61 bits per heavy atom. The second-order valence-electron chi connectivity index (χ2n) is 6.78. The Bertz CT molecular complexity index is 950. The van der Waals surface area contributed by atoms with Gasteiger partial charge in [-0.2, -0.15) is 0 Å². The number of aryl methyl sites for hydroxylation is 1. The molecule has 2 aromatic heterocycles. The van der Waals surface area contributed by atoms with Crippen LogP contribution < -0.4 is 15.8 Å². The molecule has 0 aliphatic carbocycles. The number of hydrogen-bond acceptors (Lipinski definition) is 9. The Morgan fingerprint density at radius 2 is 1.90 bits per heavy atom. The minimum Gasteiger partial charge on any atom is -0.460 e. The van der Waals surface area contributed by atoms with Gasteiger partial charge < -0.3 is 24.1 Å². The van der Waals surface area contributed by atoms with Crippen LogP contribution in [-0.4, -0.2) is 74.4 Å². The third-order valence-electron chi connectivity index (χ3n) is 4.69. The quantitative estimate of drug-likeness (QED) is 0.320. The van der Waals surface area contributed by atoms with Gasteiger partial charge in [-0.3, -0.25) is 20.4 Å². The summed E-state index contributed by atoms with van der Waals surface area (Å²) in [5.41, 5.74) is 6.25. The molecule has 0 atom stereocenters. The zero-order chi connectivity index (χ0) is 22.4. The summed E-state index contributed by atoms with van der Waals surface area (Å²) in [5.74, 6) is -1.68. The lowest BCUT2D eigenvalue weighted by Crippen LogP contribution is -2.42. The highest BCUT2D eigenvalue weighted by atomic mass is 32.1. The molecule has 2 aromatic rings. The van der Waals surface area contributed by atoms with E-state index < -0.39 is 17.8 Å². The van der Waals surface area contributed by atoms with Crippen molar-refractivity contribution in [3.8, 4) is 0 Å². The summed E-state index contributed by atoms with van der Waals surface area (Å²) in [6.45, 7) is 6.34. The van der Waals surface area contributed by atoms with Gasteiger partial charge in [0.15, 0.2) is 5.13 Å². The number of nitrogens with one attached hydrogen (secondary N) is 3. The summed E-state index contributed by atoms with van der Waals surface area (Å²) >= 11 is 1.35. The fourth-order valence-electron chi connectivity index (χ4n) is 3.08. The number of hydrazine groups is 1. The first-order chi connectivity index (χ1) is 14.9. The lowest BCUT2D eigenvalue weighted by atomic mass is 10.1. The molecule has 3 heterocycles. The number of H-pyrrole nitrogens is 1. The fourth-order valence-corrected chi connectivity index (χ4v) is 3.94. The standard InChI is InChI=1S/C19H25N5O6S/c1-11-14(18(27)30-9-8-28-3)12(2)20-15(11)17(26)23-22-16(25)13-10-31-19(21-13)24-4-6-29-7-5-24/h10,20H,4-9H2,1-3H3,(H,22,25)(H,23,26). The van der Waals surface area contributed by atoms with E-state index in [0.717, 1.165) is 5.13 Å². The Hall–Kier alpha value is -2.96. The molecule has 1 aliphatic rings. The molecule has 0 bridgehead atoms. The predicted octanol–water partition coefficient (Wildman–Crippen LogP) is 0.803. The Labute approximate surface area is 183 Å². The van der Waals surface area contributed by atoms with Crippen LogP contribution in [0.4, 0.5) is 5.13 Å². The Morgan fingerprint density at radius 1 is 1.19 bits per heavy atom. The van der Waals surface area contributed by atoms with Crippen LogP contribution in [-0.2, 0) is 14.2 Å². The third kappa shape index (κ3) is 5.40. The van der Waals surface area contributed by atoms with Gasteiger partial charge in [0, 0.05) is 31.3 Å². The van der Waals surface area contributed by atoms with Crippen LogP contribution in [0.3, 0.4) is 0 Å². The predicted molar refractivity (Wildman–Crippen MR) is 113 cm³/mol. The highest BCUT2D eigenvalue weighted by Crippen LogP contribution is 2.21.